The van der Waals surface area contributed by atoms with Crippen LogP contribution < -0.4 is 5.32 Å². The first kappa shape index (κ1) is 16.6. The summed E-state index contributed by atoms with van der Waals surface area (Å²) < 4.78 is 36.3. The van der Waals surface area contributed by atoms with Crippen molar-refractivity contribution in [3.8, 4) is 0 Å². The topological polar surface area (TPSA) is 46.2 Å². The molecule has 0 heterocycles. The van der Waals surface area contributed by atoms with Gasteiger partial charge in [-0.1, -0.05) is 22.9 Å². The van der Waals surface area contributed by atoms with Gasteiger partial charge in [-0.3, -0.25) is 0 Å². The van der Waals surface area contributed by atoms with Crippen LogP contribution in [0.15, 0.2) is 22.7 Å². The molecule has 0 radical (unpaired) electrons. The van der Waals surface area contributed by atoms with Gasteiger partial charge in [-0.15, -0.1) is 0 Å². The van der Waals surface area contributed by atoms with Gasteiger partial charge in [-0.2, -0.15) is 0 Å². The first-order chi connectivity index (χ1) is 8.81. The van der Waals surface area contributed by atoms with E-state index in [2.05, 4.69) is 21.2 Å². The Morgan fingerprint density at radius 1 is 1.37 bits per heavy atom. The molecule has 1 atom stereocenters. The molecule has 108 valence electrons. The van der Waals surface area contributed by atoms with E-state index in [9.17, 15) is 12.8 Å². The fourth-order valence-electron chi connectivity index (χ4n) is 1.96. The monoisotopic (exact) mass is 351 g/mol. The van der Waals surface area contributed by atoms with Crippen molar-refractivity contribution in [3.63, 3.8) is 0 Å². The number of hydrogen-bond acceptors (Lipinski definition) is 3. The van der Waals surface area contributed by atoms with E-state index < -0.39 is 9.84 Å². The Hall–Kier alpha value is -0.460. The van der Waals surface area contributed by atoms with Crippen LogP contribution in [0.5, 0.6) is 0 Å². The van der Waals surface area contributed by atoms with Crippen LogP contribution in [-0.2, 0) is 9.84 Å². The average molecular weight is 352 g/mol. The molecule has 3 nitrogen and oxygen atoms in total. The Balaban J connectivity index is 2.76. The largest absolute Gasteiger partial charge is 0.310 e. The lowest BCUT2D eigenvalue weighted by Gasteiger charge is -2.18. The summed E-state index contributed by atoms with van der Waals surface area (Å²) in [6.45, 7) is 2.72. The highest BCUT2D eigenvalue weighted by molar-refractivity contribution is 9.10. The molecule has 0 aromatic heterocycles. The molecular weight excluding hydrogens is 333 g/mol. The number of halogens is 2. The van der Waals surface area contributed by atoms with E-state index in [1.54, 1.807) is 0 Å². The maximum absolute atomic E-state index is 13.4. The summed E-state index contributed by atoms with van der Waals surface area (Å²) in [4.78, 5) is 0. The van der Waals surface area contributed by atoms with Gasteiger partial charge >= 0.3 is 0 Å². The van der Waals surface area contributed by atoms with Crippen molar-refractivity contribution < 1.29 is 12.8 Å². The zero-order valence-electron chi connectivity index (χ0n) is 11.1. The van der Waals surface area contributed by atoms with E-state index in [1.165, 1.54) is 18.4 Å². The predicted molar refractivity (Wildman–Crippen MR) is 79.5 cm³/mol. The Bertz CT molecular complexity index is 499. The third-order valence-corrected chi connectivity index (χ3v) is 4.23. The van der Waals surface area contributed by atoms with Gasteiger partial charge in [0.1, 0.15) is 15.7 Å². The summed E-state index contributed by atoms with van der Waals surface area (Å²) in [7, 11) is -2.94. The lowest BCUT2D eigenvalue weighted by Crippen LogP contribution is -2.22. The highest BCUT2D eigenvalue weighted by Gasteiger charge is 2.13. The molecule has 0 bridgehead atoms. The summed E-state index contributed by atoms with van der Waals surface area (Å²) in [6, 6.07) is 4.72. The quantitative estimate of drug-likeness (QED) is 0.820. The summed E-state index contributed by atoms with van der Waals surface area (Å²) in [5.74, 6) is -0.138. The lowest BCUT2D eigenvalue weighted by molar-refractivity contribution is 0.503. The molecule has 1 aromatic carbocycles. The van der Waals surface area contributed by atoms with E-state index in [0.29, 0.717) is 17.3 Å². The third-order valence-electron chi connectivity index (χ3n) is 2.75. The molecule has 1 aromatic rings. The Kier molecular flexibility index (Phi) is 6.42. The number of rotatable bonds is 7. The van der Waals surface area contributed by atoms with Crippen molar-refractivity contribution in [1.29, 1.82) is 0 Å². The molecule has 19 heavy (non-hydrogen) atoms. The van der Waals surface area contributed by atoms with Crippen LogP contribution in [0.2, 0.25) is 0 Å². The summed E-state index contributed by atoms with van der Waals surface area (Å²) in [5.41, 5.74) is 0.835. The Labute approximate surface area is 122 Å². The Morgan fingerprint density at radius 3 is 2.58 bits per heavy atom. The predicted octanol–water partition coefficient (Wildman–Crippen LogP) is 3.06. The standard InChI is InChI=1S/C13H19BrFNO2S/c1-3-16-13(5-4-6-19(2,17)18)10-7-11(14)9-12(15)8-10/h7-9,13,16H,3-6H2,1-2H3. The fraction of sp³-hybridized carbons (Fsp3) is 0.538. The molecule has 0 amide bonds. The maximum atomic E-state index is 13.4. The van der Waals surface area contributed by atoms with E-state index in [4.69, 9.17) is 0 Å². The van der Waals surface area contributed by atoms with E-state index in [-0.39, 0.29) is 17.6 Å². The minimum Gasteiger partial charge on any atom is -0.310 e. The molecule has 6 heteroatoms. The molecule has 0 fully saturated rings. The minimum absolute atomic E-state index is 0.0289. The molecule has 0 aliphatic rings. The lowest BCUT2D eigenvalue weighted by atomic mass is 10.0. The van der Waals surface area contributed by atoms with Gasteiger partial charge in [-0.05, 0) is 43.1 Å². The van der Waals surface area contributed by atoms with Crippen LogP contribution >= 0.6 is 15.9 Å². The van der Waals surface area contributed by atoms with E-state index >= 15 is 0 Å². The number of benzene rings is 1. The SMILES string of the molecule is CCNC(CCCS(C)(=O)=O)c1cc(F)cc(Br)c1. The van der Waals surface area contributed by atoms with Gasteiger partial charge in [0.25, 0.3) is 0 Å². The molecular formula is C13H19BrFNO2S. The third kappa shape index (κ3) is 6.49. The van der Waals surface area contributed by atoms with Gasteiger partial charge < -0.3 is 5.32 Å². The van der Waals surface area contributed by atoms with Crippen LogP contribution in [0.4, 0.5) is 4.39 Å². The van der Waals surface area contributed by atoms with Crippen LogP contribution in [0.3, 0.4) is 0 Å². The van der Waals surface area contributed by atoms with Gasteiger partial charge in [0.2, 0.25) is 0 Å². The smallest absolute Gasteiger partial charge is 0.147 e. The molecule has 1 N–H and O–H groups in total. The molecule has 0 saturated carbocycles. The van der Waals surface area contributed by atoms with Crippen molar-refractivity contribution in [1.82, 2.24) is 5.32 Å². The summed E-state index contributed by atoms with van der Waals surface area (Å²) in [5, 5.41) is 3.26. The van der Waals surface area contributed by atoms with Crippen molar-refractivity contribution >= 4 is 25.8 Å². The van der Waals surface area contributed by atoms with Gasteiger partial charge in [0, 0.05) is 22.5 Å². The van der Waals surface area contributed by atoms with Crippen molar-refractivity contribution in [2.75, 3.05) is 18.6 Å². The second-order valence-corrected chi connectivity index (χ2v) is 7.76. The highest BCUT2D eigenvalue weighted by atomic mass is 79.9. The van der Waals surface area contributed by atoms with Crippen molar-refractivity contribution in [3.05, 3.63) is 34.1 Å². The second kappa shape index (κ2) is 7.36. The second-order valence-electron chi connectivity index (χ2n) is 4.59. The van der Waals surface area contributed by atoms with Crippen molar-refractivity contribution in [2.45, 2.75) is 25.8 Å². The highest BCUT2D eigenvalue weighted by Crippen LogP contribution is 2.23. The van der Waals surface area contributed by atoms with Crippen LogP contribution in [-0.4, -0.2) is 27.0 Å². The van der Waals surface area contributed by atoms with Crippen LogP contribution in [0.25, 0.3) is 0 Å². The number of hydrogen-bond donors (Lipinski definition) is 1. The van der Waals surface area contributed by atoms with Gasteiger partial charge in [0.15, 0.2) is 0 Å². The molecule has 1 unspecified atom stereocenters. The summed E-state index contributed by atoms with van der Waals surface area (Å²) >= 11 is 3.27. The fourth-order valence-corrected chi connectivity index (χ4v) is 3.13. The van der Waals surface area contributed by atoms with Crippen LogP contribution in [0, 0.1) is 5.82 Å². The minimum atomic E-state index is -2.94. The number of sulfone groups is 1. The van der Waals surface area contributed by atoms with Gasteiger partial charge in [0.05, 0.1) is 0 Å². The molecule has 0 saturated heterocycles. The van der Waals surface area contributed by atoms with E-state index in [0.717, 1.165) is 12.1 Å². The average Bonchev–Trinajstić information content (AvgIpc) is 2.25. The molecule has 0 aliphatic heterocycles. The molecule has 1 rings (SSSR count). The normalized spacial score (nSPS) is 13.5. The molecule has 0 spiro atoms. The van der Waals surface area contributed by atoms with Crippen molar-refractivity contribution in [2.24, 2.45) is 0 Å². The van der Waals surface area contributed by atoms with Crippen LogP contribution in [0.1, 0.15) is 31.4 Å². The maximum Gasteiger partial charge on any atom is 0.147 e. The molecule has 0 aliphatic carbocycles. The van der Waals surface area contributed by atoms with Gasteiger partial charge in [-0.25, -0.2) is 12.8 Å². The number of nitrogens with one attached hydrogen (secondary N) is 1. The zero-order chi connectivity index (χ0) is 14.5. The Morgan fingerprint density at radius 2 is 2.05 bits per heavy atom. The first-order valence-electron chi connectivity index (χ1n) is 6.19. The van der Waals surface area contributed by atoms with E-state index in [1.807, 2.05) is 13.0 Å². The first-order valence-corrected chi connectivity index (χ1v) is 9.04. The zero-order valence-corrected chi connectivity index (χ0v) is 13.5. The summed E-state index contributed by atoms with van der Waals surface area (Å²) in [6.07, 6.45) is 2.45.